The van der Waals surface area contributed by atoms with E-state index in [1.165, 1.54) is 5.56 Å². The monoisotopic (exact) mass is 236 g/mol. The Kier molecular flexibility index (Phi) is 4.13. The molecule has 1 N–H and O–H groups in total. The van der Waals surface area contributed by atoms with E-state index in [1.54, 1.807) is 0 Å². The number of rotatable bonds is 3. The van der Waals surface area contributed by atoms with E-state index in [0.717, 1.165) is 50.3 Å². The Labute approximate surface area is 103 Å². The Morgan fingerprint density at radius 2 is 1.76 bits per heavy atom. The summed E-state index contributed by atoms with van der Waals surface area (Å²) in [5, 5.41) is 3.35. The van der Waals surface area contributed by atoms with Crippen LogP contribution in [0.1, 0.15) is 16.7 Å². The normalized spacial score (nSPS) is 17.4. The van der Waals surface area contributed by atoms with Crippen LogP contribution in [-0.4, -0.2) is 37.6 Å². The molecule has 0 radical (unpaired) electrons. The Hall–Kier alpha value is -0.930. The molecule has 0 aliphatic carbocycles. The lowest BCUT2D eigenvalue weighted by atomic mass is 10.0. The molecule has 2 nitrogen and oxygen atoms in total. The molecule has 2 rings (SSSR count). The second-order valence-corrected chi connectivity index (χ2v) is 4.89. The van der Waals surface area contributed by atoms with Crippen molar-refractivity contribution in [1.82, 2.24) is 10.2 Å². The maximum Gasteiger partial charge on any atom is 0.129 e. The van der Waals surface area contributed by atoms with Crippen LogP contribution >= 0.6 is 0 Å². The molecule has 94 valence electrons. The molecule has 1 aliphatic heterocycles. The third kappa shape index (κ3) is 3.27. The van der Waals surface area contributed by atoms with Crippen LogP contribution in [0.4, 0.5) is 4.39 Å². The molecule has 1 aliphatic rings. The molecule has 17 heavy (non-hydrogen) atoms. The van der Waals surface area contributed by atoms with Gasteiger partial charge < -0.3 is 10.2 Å². The first-order chi connectivity index (χ1) is 8.16. The van der Waals surface area contributed by atoms with E-state index in [4.69, 9.17) is 0 Å². The number of nitrogens with one attached hydrogen (secondary N) is 1. The number of aryl methyl sites for hydroxylation is 2. The first-order valence-electron chi connectivity index (χ1n) is 6.35. The fourth-order valence-corrected chi connectivity index (χ4v) is 2.40. The van der Waals surface area contributed by atoms with Crippen LogP contribution in [-0.2, 0) is 6.42 Å². The standard InChI is InChI=1S/C14H21FN2/c1-11-9-13(10-12(2)14(11)15)3-6-17-7-4-16-5-8-17/h9-10,16H,3-8H2,1-2H3. The molecule has 1 fully saturated rings. The van der Waals surface area contributed by atoms with Gasteiger partial charge in [0.2, 0.25) is 0 Å². The number of piperazine rings is 1. The summed E-state index contributed by atoms with van der Waals surface area (Å²) < 4.78 is 13.5. The highest BCUT2D eigenvalue weighted by atomic mass is 19.1. The van der Waals surface area contributed by atoms with E-state index in [1.807, 2.05) is 26.0 Å². The highest BCUT2D eigenvalue weighted by molar-refractivity contribution is 5.30. The number of nitrogens with zero attached hydrogens (tertiary/aromatic N) is 1. The average molecular weight is 236 g/mol. The summed E-state index contributed by atoms with van der Waals surface area (Å²) in [6.07, 6.45) is 1.02. The average Bonchev–Trinajstić information content (AvgIpc) is 2.34. The summed E-state index contributed by atoms with van der Waals surface area (Å²) in [6, 6.07) is 3.95. The first-order valence-corrected chi connectivity index (χ1v) is 6.35. The van der Waals surface area contributed by atoms with Crippen molar-refractivity contribution in [3.05, 3.63) is 34.6 Å². The van der Waals surface area contributed by atoms with Crippen LogP contribution in [0.5, 0.6) is 0 Å². The van der Waals surface area contributed by atoms with Crippen molar-refractivity contribution in [2.45, 2.75) is 20.3 Å². The van der Waals surface area contributed by atoms with Crippen molar-refractivity contribution < 1.29 is 4.39 Å². The van der Waals surface area contributed by atoms with Crippen molar-refractivity contribution in [3.8, 4) is 0 Å². The van der Waals surface area contributed by atoms with Gasteiger partial charge in [0.1, 0.15) is 5.82 Å². The minimum absolute atomic E-state index is 0.0593. The molecular formula is C14H21FN2. The maximum absolute atomic E-state index is 13.5. The molecule has 0 saturated carbocycles. The number of hydrogen-bond donors (Lipinski definition) is 1. The summed E-state index contributed by atoms with van der Waals surface area (Å²) in [5.41, 5.74) is 2.78. The van der Waals surface area contributed by atoms with Crippen molar-refractivity contribution in [2.24, 2.45) is 0 Å². The second-order valence-electron chi connectivity index (χ2n) is 4.89. The minimum atomic E-state index is -0.0593. The Bertz CT molecular complexity index is 361. The highest BCUT2D eigenvalue weighted by Gasteiger charge is 2.10. The van der Waals surface area contributed by atoms with E-state index in [2.05, 4.69) is 10.2 Å². The van der Waals surface area contributed by atoms with E-state index >= 15 is 0 Å². The molecule has 0 unspecified atom stereocenters. The molecule has 0 amide bonds. The summed E-state index contributed by atoms with van der Waals surface area (Å²) in [4.78, 5) is 2.46. The van der Waals surface area contributed by atoms with E-state index in [0.29, 0.717) is 0 Å². The van der Waals surface area contributed by atoms with Crippen LogP contribution < -0.4 is 5.32 Å². The third-order valence-electron chi connectivity index (χ3n) is 3.42. The lowest BCUT2D eigenvalue weighted by molar-refractivity contribution is 0.244. The van der Waals surface area contributed by atoms with Crippen LogP contribution in [0.2, 0.25) is 0 Å². The van der Waals surface area contributed by atoms with Crippen molar-refractivity contribution in [3.63, 3.8) is 0 Å². The lowest BCUT2D eigenvalue weighted by Gasteiger charge is -2.27. The fourth-order valence-electron chi connectivity index (χ4n) is 2.40. The molecule has 1 aromatic rings. The summed E-state index contributed by atoms with van der Waals surface area (Å²) in [5.74, 6) is -0.0593. The predicted molar refractivity (Wildman–Crippen MR) is 68.9 cm³/mol. The smallest absolute Gasteiger partial charge is 0.129 e. The zero-order valence-electron chi connectivity index (χ0n) is 10.7. The van der Waals surface area contributed by atoms with Gasteiger partial charge in [-0.15, -0.1) is 0 Å². The maximum atomic E-state index is 13.5. The molecule has 1 saturated heterocycles. The Morgan fingerprint density at radius 1 is 1.18 bits per heavy atom. The quantitative estimate of drug-likeness (QED) is 0.862. The molecule has 0 bridgehead atoms. The van der Waals surface area contributed by atoms with Gasteiger partial charge in [0.05, 0.1) is 0 Å². The first kappa shape index (κ1) is 12.5. The molecule has 0 atom stereocenters. The summed E-state index contributed by atoms with van der Waals surface area (Å²) >= 11 is 0. The summed E-state index contributed by atoms with van der Waals surface area (Å²) in [7, 11) is 0. The molecule has 0 spiro atoms. The van der Waals surface area contributed by atoms with Gasteiger partial charge in [-0.3, -0.25) is 0 Å². The molecule has 1 heterocycles. The van der Waals surface area contributed by atoms with Gasteiger partial charge in [-0.1, -0.05) is 12.1 Å². The van der Waals surface area contributed by atoms with Crippen LogP contribution in [0.25, 0.3) is 0 Å². The molecular weight excluding hydrogens is 215 g/mol. The van der Waals surface area contributed by atoms with Gasteiger partial charge in [-0.05, 0) is 37.0 Å². The number of halogens is 1. The van der Waals surface area contributed by atoms with Crippen LogP contribution in [0, 0.1) is 19.7 Å². The lowest BCUT2D eigenvalue weighted by Crippen LogP contribution is -2.44. The SMILES string of the molecule is Cc1cc(CCN2CCNCC2)cc(C)c1F. The van der Waals surface area contributed by atoms with Gasteiger partial charge in [-0.25, -0.2) is 4.39 Å². The molecule has 1 aromatic carbocycles. The van der Waals surface area contributed by atoms with E-state index in [-0.39, 0.29) is 5.82 Å². The molecule has 0 aromatic heterocycles. The van der Waals surface area contributed by atoms with Crippen molar-refractivity contribution in [1.29, 1.82) is 0 Å². The van der Waals surface area contributed by atoms with Gasteiger partial charge in [0, 0.05) is 32.7 Å². The Morgan fingerprint density at radius 3 is 2.35 bits per heavy atom. The summed E-state index contributed by atoms with van der Waals surface area (Å²) in [6.45, 7) is 9.18. The van der Waals surface area contributed by atoms with Gasteiger partial charge in [-0.2, -0.15) is 0 Å². The third-order valence-corrected chi connectivity index (χ3v) is 3.42. The van der Waals surface area contributed by atoms with E-state index in [9.17, 15) is 4.39 Å². The minimum Gasteiger partial charge on any atom is -0.314 e. The Balaban J connectivity index is 1.94. The van der Waals surface area contributed by atoms with Crippen LogP contribution in [0.3, 0.4) is 0 Å². The van der Waals surface area contributed by atoms with Crippen molar-refractivity contribution in [2.75, 3.05) is 32.7 Å². The van der Waals surface area contributed by atoms with Crippen LogP contribution in [0.15, 0.2) is 12.1 Å². The van der Waals surface area contributed by atoms with Crippen molar-refractivity contribution >= 4 is 0 Å². The zero-order valence-corrected chi connectivity index (χ0v) is 10.7. The van der Waals surface area contributed by atoms with Gasteiger partial charge >= 0.3 is 0 Å². The fraction of sp³-hybridized carbons (Fsp3) is 0.571. The van der Waals surface area contributed by atoms with E-state index < -0.39 is 0 Å². The number of hydrogen-bond acceptors (Lipinski definition) is 2. The van der Waals surface area contributed by atoms with Gasteiger partial charge in [0.15, 0.2) is 0 Å². The second kappa shape index (κ2) is 5.61. The predicted octanol–water partition coefficient (Wildman–Crippen LogP) is 1.89. The number of benzene rings is 1. The largest absolute Gasteiger partial charge is 0.314 e. The zero-order chi connectivity index (χ0) is 12.3. The molecule has 3 heteroatoms. The highest BCUT2D eigenvalue weighted by Crippen LogP contribution is 2.15. The van der Waals surface area contributed by atoms with Gasteiger partial charge in [0.25, 0.3) is 0 Å². The topological polar surface area (TPSA) is 15.3 Å².